The molecule has 0 bridgehead atoms. The van der Waals surface area contributed by atoms with Crippen LogP contribution in [0.4, 0.5) is 5.82 Å². The summed E-state index contributed by atoms with van der Waals surface area (Å²) in [5, 5.41) is 12.6. The molecule has 1 aliphatic rings. The third-order valence-electron chi connectivity index (χ3n) is 3.80. The summed E-state index contributed by atoms with van der Waals surface area (Å²) in [6.07, 6.45) is 2.66. The van der Waals surface area contributed by atoms with Crippen LogP contribution in [0.5, 0.6) is 0 Å². The fourth-order valence-corrected chi connectivity index (χ4v) is 2.68. The summed E-state index contributed by atoms with van der Waals surface area (Å²) < 4.78 is 0. The van der Waals surface area contributed by atoms with Gasteiger partial charge in [-0.25, -0.2) is 9.78 Å². The molecule has 1 fully saturated rings. The van der Waals surface area contributed by atoms with Gasteiger partial charge in [0.25, 0.3) is 0 Å². The van der Waals surface area contributed by atoms with Gasteiger partial charge in [0.1, 0.15) is 11.4 Å². The molecule has 0 saturated carbocycles. The van der Waals surface area contributed by atoms with E-state index in [-0.39, 0.29) is 11.6 Å². The molecule has 2 atom stereocenters. The number of anilines is 1. The van der Waals surface area contributed by atoms with Crippen molar-refractivity contribution in [2.45, 2.75) is 26.3 Å². The highest BCUT2D eigenvalue weighted by molar-refractivity contribution is 5.94. The summed E-state index contributed by atoms with van der Waals surface area (Å²) in [7, 11) is 2.11. The number of carboxylic acids is 1. The van der Waals surface area contributed by atoms with Crippen LogP contribution in [0.3, 0.4) is 0 Å². The Morgan fingerprint density at radius 2 is 2.32 bits per heavy atom. The Hall–Kier alpha value is -1.62. The maximum absolute atomic E-state index is 11.3. The Kier molecular flexibility index (Phi) is 4.04. The normalized spacial score (nSPS) is 24.2. The molecule has 2 rings (SSSR count). The zero-order valence-corrected chi connectivity index (χ0v) is 11.7. The predicted octanol–water partition coefficient (Wildman–Crippen LogP) is 1.84. The Labute approximate surface area is 113 Å². The minimum Gasteiger partial charge on any atom is -0.478 e. The molecule has 0 spiro atoms. The summed E-state index contributed by atoms with van der Waals surface area (Å²) >= 11 is 0. The molecule has 1 aliphatic heterocycles. The Morgan fingerprint density at radius 3 is 2.95 bits per heavy atom. The first-order valence-corrected chi connectivity index (χ1v) is 6.63. The van der Waals surface area contributed by atoms with Crippen LogP contribution in [0, 0.1) is 12.8 Å². The highest BCUT2D eigenvalue weighted by Gasteiger charge is 2.26. The molecular formula is C14H21N3O2. The summed E-state index contributed by atoms with van der Waals surface area (Å²) in [6.45, 7) is 6.03. The van der Waals surface area contributed by atoms with Crippen molar-refractivity contribution in [2.75, 3.05) is 25.5 Å². The van der Waals surface area contributed by atoms with Gasteiger partial charge < -0.3 is 15.3 Å². The van der Waals surface area contributed by atoms with Gasteiger partial charge in [0.15, 0.2) is 0 Å². The molecule has 1 aromatic rings. The number of carbonyl (C=O) groups is 1. The van der Waals surface area contributed by atoms with Crippen molar-refractivity contribution in [3.05, 3.63) is 23.4 Å². The quantitative estimate of drug-likeness (QED) is 0.871. The molecule has 5 nitrogen and oxygen atoms in total. The topological polar surface area (TPSA) is 65.5 Å². The lowest BCUT2D eigenvalue weighted by atomic mass is 9.94. The number of hydrogen-bond acceptors (Lipinski definition) is 4. The minimum atomic E-state index is -0.923. The van der Waals surface area contributed by atoms with Gasteiger partial charge in [-0.1, -0.05) is 6.92 Å². The number of rotatable bonds is 3. The smallest absolute Gasteiger partial charge is 0.339 e. The van der Waals surface area contributed by atoms with E-state index < -0.39 is 5.97 Å². The number of nitrogens with zero attached hydrogens (tertiary/aromatic N) is 2. The van der Waals surface area contributed by atoms with Crippen molar-refractivity contribution >= 4 is 11.8 Å². The molecule has 104 valence electrons. The molecule has 0 aromatic carbocycles. The SMILES string of the molecule is Cc1ccnc(NC2CCN(C)CC2C)c1C(=O)O. The van der Waals surface area contributed by atoms with E-state index in [0.29, 0.717) is 11.7 Å². The van der Waals surface area contributed by atoms with Crippen molar-refractivity contribution < 1.29 is 9.90 Å². The van der Waals surface area contributed by atoms with Crippen LogP contribution >= 0.6 is 0 Å². The van der Waals surface area contributed by atoms with Crippen molar-refractivity contribution in [3.8, 4) is 0 Å². The molecular weight excluding hydrogens is 242 g/mol. The third kappa shape index (κ3) is 3.04. The Balaban J connectivity index is 2.19. The molecule has 0 radical (unpaired) electrons. The average Bonchev–Trinajstić information content (AvgIpc) is 2.32. The van der Waals surface area contributed by atoms with Crippen molar-refractivity contribution in [3.63, 3.8) is 0 Å². The second-order valence-corrected chi connectivity index (χ2v) is 5.44. The molecule has 1 saturated heterocycles. The number of nitrogens with one attached hydrogen (secondary N) is 1. The highest BCUT2D eigenvalue weighted by Crippen LogP contribution is 2.23. The van der Waals surface area contributed by atoms with Crippen LogP contribution in [-0.2, 0) is 0 Å². The summed E-state index contributed by atoms with van der Waals surface area (Å²) in [5.74, 6) is 0.0466. The van der Waals surface area contributed by atoms with Gasteiger partial charge in [-0.05, 0) is 44.5 Å². The molecule has 2 unspecified atom stereocenters. The average molecular weight is 263 g/mol. The number of likely N-dealkylation sites (tertiary alicyclic amines) is 1. The number of pyridine rings is 1. The van der Waals surface area contributed by atoms with Crippen LogP contribution in [0.15, 0.2) is 12.3 Å². The van der Waals surface area contributed by atoms with Gasteiger partial charge in [-0.3, -0.25) is 0 Å². The van der Waals surface area contributed by atoms with E-state index in [4.69, 9.17) is 0 Å². The molecule has 5 heteroatoms. The van der Waals surface area contributed by atoms with Gasteiger partial charge in [0.05, 0.1) is 0 Å². The second-order valence-electron chi connectivity index (χ2n) is 5.44. The molecule has 0 aliphatic carbocycles. The number of aromatic carboxylic acids is 1. The lowest BCUT2D eigenvalue weighted by molar-refractivity contribution is 0.0696. The fourth-order valence-electron chi connectivity index (χ4n) is 2.68. The van der Waals surface area contributed by atoms with Gasteiger partial charge in [0, 0.05) is 18.8 Å². The summed E-state index contributed by atoms with van der Waals surface area (Å²) in [4.78, 5) is 17.8. The van der Waals surface area contributed by atoms with Crippen LogP contribution in [0.25, 0.3) is 0 Å². The maximum atomic E-state index is 11.3. The Bertz CT molecular complexity index is 476. The number of hydrogen-bond donors (Lipinski definition) is 2. The van der Waals surface area contributed by atoms with Crippen molar-refractivity contribution in [1.29, 1.82) is 0 Å². The second kappa shape index (κ2) is 5.57. The van der Waals surface area contributed by atoms with Crippen molar-refractivity contribution in [2.24, 2.45) is 5.92 Å². The molecule has 0 amide bonds. The standard InChI is InChI=1S/C14H21N3O2/c1-9-4-6-15-13(12(9)14(18)19)16-11-5-7-17(3)8-10(11)2/h4,6,10-11H,5,7-8H2,1-3H3,(H,15,16)(H,18,19). The molecule has 1 aromatic heterocycles. The molecule has 2 N–H and O–H groups in total. The fraction of sp³-hybridized carbons (Fsp3) is 0.571. The molecule has 19 heavy (non-hydrogen) atoms. The lowest BCUT2D eigenvalue weighted by Crippen LogP contribution is -2.43. The number of carboxylic acid groups (broad SMARTS) is 1. The zero-order valence-electron chi connectivity index (χ0n) is 11.7. The van der Waals surface area contributed by atoms with E-state index in [2.05, 4.69) is 29.2 Å². The summed E-state index contributed by atoms with van der Waals surface area (Å²) in [5.41, 5.74) is 1.03. The van der Waals surface area contributed by atoms with Gasteiger partial charge >= 0.3 is 5.97 Å². The van der Waals surface area contributed by atoms with Crippen LogP contribution in [-0.4, -0.2) is 47.1 Å². The zero-order chi connectivity index (χ0) is 14.0. The minimum absolute atomic E-state index is 0.281. The first-order chi connectivity index (χ1) is 8.99. The predicted molar refractivity (Wildman–Crippen MR) is 74.6 cm³/mol. The van der Waals surface area contributed by atoms with Crippen LogP contribution < -0.4 is 5.32 Å². The lowest BCUT2D eigenvalue weighted by Gasteiger charge is -2.35. The van der Waals surface area contributed by atoms with Gasteiger partial charge in [-0.15, -0.1) is 0 Å². The largest absolute Gasteiger partial charge is 0.478 e. The van der Waals surface area contributed by atoms with Crippen molar-refractivity contribution in [1.82, 2.24) is 9.88 Å². The van der Waals surface area contributed by atoms with E-state index in [1.165, 1.54) is 0 Å². The third-order valence-corrected chi connectivity index (χ3v) is 3.80. The first-order valence-electron chi connectivity index (χ1n) is 6.63. The molecule has 2 heterocycles. The summed E-state index contributed by atoms with van der Waals surface area (Å²) in [6, 6.07) is 2.01. The van der Waals surface area contributed by atoms with E-state index in [1.807, 2.05) is 0 Å². The van der Waals surface area contributed by atoms with Gasteiger partial charge in [-0.2, -0.15) is 0 Å². The monoisotopic (exact) mass is 263 g/mol. The number of piperidine rings is 1. The van der Waals surface area contributed by atoms with E-state index in [1.54, 1.807) is 19.2 Å². The first kappa shape index (κ1) is 13.8. The number of aromatic nitrogens is 1. The van der Waals surface area contributed by atoms with Gasteiger partial charge in [0.2, 0.25) is 0 Å². The maximum Gasteiger partial charge on any atom is 0.339 e. The number of aryl methyl sites for hydroxylation is 1. The van der Waals surface area contributed by atoms with Crippen LogP contribution in [0.2, 0.25) is 0 Å². The highest BCUT2D eigenvalue weighted by atomic mass is 16.4. The van der Waals surface area contributed by atoms with E-state index in [9.17, 15) is 9.90 Å². The van der Waals surface area contributed by atoms with E-state index >= 15 is 0 Å². The van der Waals surface area contributed by atoms with E-state index in [0.717, 1.165) is 25.1 Å². The Morgan fingerprint density at radius 1 is 1.58 bits per heavy atom. The van der Waals surface area contributed by atoms with Crippen LogP contribution in [0.1, 0.15) is 29.3 Å².